The van der Waals surface area contributed by atoms with Crippen LogP contribution in [0.1, 0.15) is 30.5 Å². The van der Waals surface area contributed by atoms with Crippen molar-refractivity contribution in [3.8, 4) is 6.07 Å². The molecule has 122 valence electrons. The molecule has 0 bridgehead atoms. The first-order valence-corrected chi connectivity index (χ1v) is 8.61. The van der Waals surface area contributed by atoms with Gasteiger partial charge in [-0.2, -0.15) is 5.26 Å². The monoisotopic (exact) mass is 339 g/mol. The molecule has 1 saturated heterocycles. The van der Waals surface area contributed by atoms with Gasteiger partial charge in [-0.1, -0.05) is 30.3 Å². The van der Waals surface area contributed by atoms with Crippen LogP contribution in [0.3, 0.4) is 0 Å². The van der Waals surface area contributed by atoms with E-state index >= 15 is 0 Å². The predicted octanol–water partition coefficient (Wildman–Crippen LogP) is 3.17. The van der Waals surface area contributed by atoms with Gasteiger partial charge in [0.05, 0.1) is 17.5 Å². The number of nitriles is 1. The first kappa shape index (κ1) is 16.2. The van der Waals surface area contributed by atoms with Crippen molar-refractivity contribution >= 4 is 28.2 Å². The van der Waals surface area contributed by atoms with E-state index in [2.05, 4.69) is 5.32 Å². The molecule has 2 atom stereocenters. The minimum atomic E-state index is -0.391. The Morgan fingerprint density at radius 2 is 2.12 bits per heavy atom. The number of carbonyl (C=O) groups excluding carboxylic acids is 2. The molecular weight excluding hydrogens is 322 g/mol. The van der Waals surface area contributed by atoms with E-state index < -0.39 is 5.92 Å². The maximum atomic E-state index is 12.4. The zero-order valence-corrected chi connectivity index (χ0v) is 14.0. The summed E-state index contributed by atoms with van der Waals surface area (Å²) in [7, 11) is 0. The molecule has 1 N–H and O–H groups in total. The second kappa shape index (κ2) is 6.85. The van der Waals surface area contributed by atoms with Gasteiger partial charge in [-0.3, -0.25) is 9.59 Å². The maximum absolute atomic E-state index is 12.4. The number of thiophene rings is 1. The lowest BCUT2D eigenvalue weighted by Gasteiger charge is -2.25. The van der Waals surface area contributed by atoms with Gasteiger partial charge in [-0.15, -0.1) is 11.3 Å². The minimum Gasteiger partial charge on any atom is -0.335 e. The highest BCUT2D eigenvalue weighted by Gasteiger charge is 2.37. The molecule has 3 rings (SSSR count). The van der Waals surface area contributed by atoms with Gasteiger partial charge in [0.1, 0.15) is 11.1 Å². The maximum Gasteiger partial charge on any atom is 0.230 e. The second-order valence-electron chi connectivity index (χ2n) is 5.80. The van der Waals surface area contributed by atoms with E-state index in [1.165, 1.54) is 11.3 Å². The van der Waals surface area contributed by atoms with Crippen molar-refractivity contribution < 1.29 is 9.59 Å². The number of anilines is 1. The van der Waals surface area contributed by atoms with E-state index in [0.29, 0.717) is 17.1 Å². The minimum absolute atomic E-state index is 0.0156. The normalized spacial score (nSPS) is 18.2. The number of nitrogens with one attached hydrogen (secondary N) is 1. The molecule has 1 aromatic heterocycles. The molecular formula is C18H17N3O2S. The van der Waals surface area contributed by atoms with Gasteiger partial charge in [0.15, 0.2) is 0 Å². The Kier molecular flexibility index (Phi) is 4.63. The van der Waals surface area contributed by atoms with Gasteiger partial charge in [-0.25, -0.2) is 0 Å². The van der Waals surface area contributed by atoms with E-state index in [4.69, 9.17) is 5.26 Å². The standard InChI is InChI=1S/C18H17N3O2S/c1-12(13-5-3-2-4-6-13)21-11-15(9-16(21)22)17(23)20-18-14(10-19)7-8-24-18/h2-8,12,15H,9,11H2,1H3,(H,20,23)/t12-,15+/m0/s1. The molecule has 2 heterocycles. The van der Waals surface area contributed by atoms with Crippen molar-refractivity contribution in [2.45, 2.75) is 19.4 Å². The molecule has 1 aliphatic heterocycles. The Morgan fingerprint density at radius 1 is 1.38 bits per heavy atom. The number of benzene rings is 1. The number of nitrogens with zero attached hydrogens (tertiary/aromatic N) is 2. The average molecular weight is 339 g/mol. The molecule has 1 aliphatic rings. The van der Waals surface area contributed by atoms with Crippen LogP contribution in [-0.2, 0) is 9.59 Å². The molecule has 0 saturated carbocycles. The lowest BCUT2D eigenvalue weighted by atomic mass is 10.1. The Morgan fingerprint density at radius 3 is 2.83 bits per heavy atom. The number of rotatable bonds is 4. The van der Waals surface area contributed by atoms with Crippen molar-refractivity contribution in [1.29, 1.82) is 5.26 Å². The summed E-state index contributed by atoms with van der Waals surface area (Å²) in [4.78, 5) is 26.5. The summed E-state index contributed by atoms with van der Waals surface area (Å²) in [5, 5.41) is 14.1. The summed E-state index contributed by atoms with van der Waals surface area (Å²) in [5.41, 5.74) is 1.50. The molecule has 0 radical (unpaired) electrons. The lowest BCUT2D eigenvalue weighted by molar-refractivity contribution is -0.129. The third-order valence-corrected chi connectivity index (χ3v) is 5.13. The predicted molar refractivity (Wildman–Crippen MR) is 92.3 cm³/mol. The quantitative estimate of drug-likeness (QED) is 0.930. The zero-order chi connectivity index (χ0) is 17.1. The highest BCUT2D eigenvalue weighted by molar-refractivity contribution is 7.14. The summed E-state index contributed by atoms with van der Waals surface area (Å²) >= 11 is 1.31. The Hall–Kier alpha value is -2.65. The number of carbonyl (C=O) groups is 2. The third kappa shape index (κ3) is 3.17. The molecule has 2 amide bonds. The van der Waals surface area contributed by atoms with E-state index in [9.17, 15) is 9.59 Å². The van der Waals surface area contributed by atoms with Gasteiger partial charge in [0, 0.05) is 13.0 Å². The number of hydrogen-bond donors (Lipinski definition) is 1. The fourth-order valence-corrected chi connectivity index (χ4v) is 3.64. The first-order valence-electron chi connectivity index (χ1n) is 7.73. The first-order chi connectivity index (χ1) is 11.6. The van der Waals surface area contributed by atoms with Crippen molar-refractivity contribution in [3.05, 3.63) is 52.9 Å². The highest BCUT2D eigenvalue weighted by atomic mass is 32.1. The number of hydrogen-bond acceptors (Lipinski definition) is 4. The largest absolute Gasteiger partial charge is 0.335 e. The summed E-state index contributed by atoms with van der Waals surface area (Å²) in [6.07, 6.45) is 0.205. The van der Waals surface area contributed by atoms with Gasteiger partial charge in [-0.05, 0) is 23.9 Å². The van der Waals surface area contributed by atoms with E-state index in [-0.39, 0.29) is 24.3 Å². The van der Waals surface area contributed by atoms with E-state index in [0.717, 1.165) is 5.56 Å². The van der Waals surface area contributed by atoms with Crippen LogP contribution in [0, 0.1) is 17.2 Å². The number of amides is 2. The SMILES string of the molecule is C[C@@H](c1ccccc1)N1C[C@H](C(=O)Nc2sccc2C#N)CC1=O. The van der Waals surface area contributed by atoms with E-state index in [1.807, 2.05) is 43.3 Å². The molecule has 5 nitrogen and oxygen atoms in total. The van der Waals surface area contributed by atoms with Crippen molar-refractivity contribution in [2.75, 3.05) is 11.9 Å². The van der Waals surface area contributed by atoms with E-state index in [1.54, 1.807) is 16.3 Å². The van der Waals surface area contributed by atoms with Gasteiger partial charge < -0.3 is 10.2 Å². The molecule has 0 aliphatic carbocycles. The molecule has 6 heteroatoms. The average Bonchev–Trinajstić information content (AvgIpc) is 3.21. The molecule has 0 spiro atoms. The Balaban J connectivity index is 1.68. The highest BCUT2D eigenvalue weighted by Crippen LogP contribution is 2.30. The molecule has 1 aromatic carbocycles. The number of likely N-dealkylation sites (tertiary alicyclic amines) is 1. The van der Waals surface area contributed by atoms with Crippen LogP contribution in [0.25, 0.3) is 0 Å². The second-order valence-corrected chi connectivity index (χ2v) is 6.71. The van der Waals surface area contributed by atoms with Crippen LogP contribution in [0.15, 0.2) is 41.8 Å². The fourth-order valence-electron chi connectivity index (χ4n) is 2.90. The smallest absolute Gasteiger partial charge is 0.230 e. The molecule has 24 heavy (non-hydrogen) atoms. The summed E-state index contributed by atoms with van der Waals surface area (Å²) in [5.74, 6) is -0.611. The van der Waals surface area contributed by atoms with Crippen molar-refractivity contribution in [3.63, 3.8) is 0 Å². The lowest BCUT2D eigenvalue weighted by Crippen LogP contribution is -2.30. The fraction of sp³-hybridized carbons (Fsp3) is 0.278. The van der Waals surface area contributed by atoms with Gasteiger partial charge >= 0.3 is 0 Å². The summed E-state index contributed by atoms with van der Waals surface area (Å²) in [6, 6.07) is 13.4. The van der Waals surface area contributed by atoms with Crippen molar-refractivity contribution in [2.24, 2.45) is 5.92 Å². The Labute approximate surface area is 144 Å². The topological polar surface area (TPSA) is 73.2 Å². The molecule has 1 fully saturated rings. The van der Waals surface area contributed by atoms with Crippen LogP contribution in [0.5, 0.6) is 0 Å². The van der Waals surface area contributed by atoms with Gasteiger partial charge in [0.2, 0.25) is 11.8 Å². The van der Waals surface area contributed by atoms with Crippen LogP contribution in [0.4, 0.5) is 5.00 Å². The third-order valence-electron chi connectivity index (χ3n) is 4.30. The van der Waals surface area contributed by atoms with Crippen LogP contribution >= 0.6 is 11.3 Å². The molecule has 2 aromatic rings. The summed E-state index contributed by atoms with van der Waals surface area (Å²) < 4.78 is 0. The van der Waals surface area contributed by atoms with Crippen LogP contribution in [0.2, 0.25) is 0 Å². The van der Waals surface area contributed by atoms with Crippen LogP contribution < -0.4 is 5.32 Å². The van der Waals surface area contributed by atoms with Crippen LogP contribution in [-0.4, -0.2) is 23.3 Å². The summed E-state index contributed by atoms with van der Waals surface area (Å²) in [6.45, 7) is 2.37. The van der Waals surface area contributed by atoms with Crippen molar-refractivity contribution in [1.82, 2.24) is 4.90 Å². The van der Waals surface area contributed by atoms with Gasteiger partial charge in [0.25, 0.3) is 0 Å². The zero-order valence-electron chi connectivity index (χ0n) is 13.2. The molecule has 0 unspecified atom stereocenters. The Bertz CT molecular complexity index is 794.